The van der Waals surface area contributed by atoms with Crippen LogP contribution in [0.4, 0.5) is 4.79 Å². The number of hydrogen-bond donors (Lipinski definition) is 1. The Morgan fingerprint density at radius 1 is 1.64 bits per heavy atom. The zero-order valence-electron chi connectivity index (χ0n) is 6.62. The summed E-state index contributed by atoms with van der Waals surface area (Å²) < 4.78 is 2.10. The van der Waals surface area contributed by atoms with Gasteiger partial charge in [-0.2, -0.15) is 0 Å². The molecule has 0 radical (unpaired) electrons. The monoisotopic (exact) mass is 223 g/mol. The topological polar surface area (TPSA) is 40.5 Å². The fourth-order valence-corrected chi connectivity index (χ4v) is 2.79. The van der Waals surface area contributed by atoms with Crippen molar-refractivity contribution in [3.8, 4) is 0 Å². The minimum atomic E-state index is -0.647. The standard InChI is InChI=1S/C7H13NO2Se/c1-6-4-2-3-5-8(6)11-7(9)10/h6H,2-5H2,1H3,(H,9,10). The van der Waals surface area contributed by atoms with Crippen molar-refractivity contribution in [1.82, 2.24) is 3.92 Å². The van der Waals surface area contributed by atoms with Crippen molar-refractivity contribution in [2.24, 2.45) is 0 Å². The third-order valence-electron chi connectivity index (χ3n) is 1.94. The molecule has 11 heavy (non-hydrogen) atoms. The molecule has 1 saturated heterocycles. The Hall–Kier alpha value is -0.0505. The number of hydrogen-bond acceptors (Lipinski definition) is 2. The van der Waals surface area contributed by atoms with Gasteiger partial charge in [-0.25, -0.2) is 0 Å². The van der Waals surface area contributed by atoms with Crippen LogP contribution in [0.25, 0.3) is 0 Å². The summed E-state index contributed by atoms with van der Waals surface area (Å²) in [5.74, 6) is 0. The second-order valence-corrected chi connectivity index (χ2v) is 4.94. The summed E-state index contributed by atoms with van der Waals surface area (Å²) >= 11 is -0.333. The second kappa shape index (κ2) is 4.10. The molecule has 1 atom stereocenters. The van der Waals surface area contributed by atoms with Crippen molar-refractivity contribution >= 4 is 20.0 Å². The molecule has 1 aliphatic rings. The van der Waals surface area contributed by atoms with Gasteiger partial charge in [0.25, 0.3) is 0 Å². The van der Waals surface area contributed by atoms with E-state index in [4.69, 9.17) is 5.11 Å². The SMILES string of the molecule is CC1CCCCN1[Se]C(=O)O. The molecule has 0 aliphatic carbocycles. The van der Waals surface area contributed by atoms with Crippen LogP contribution < -0.4 is 0 Å². The van der Waals surface area contributed by atoms with E-state index < -0.39 is 4.87 Å². The van der Waals surface area contributed by atoms with Crippen LogP contribution in [0.2, 0.25) is 0 Å². The van der Waals surface area contributed by atoms with Gasteiger partial charge in [0.2, 0.25) is 0 Å². The summed E-state index contributed by atoms with van der Waals surface area (Å²) in [6, 6.07) is 0.486. The molecule has 64 valence electrons. The molecule has 1 unspecified atom stereocenters. The minimum absolute atomic E-state index is 0.333. The number of rotatable bonds is 2. The predicted octanol–water partition coefficient (Wildman–Crippen LogP) is 1.16. The Labute approximate surface area is 73.1 Å². The summed E-state index contributed by atoms with van der Waals surface area (Å²) in [7, 11) is 0. The maximum absolute atomic E-state index is 10.4. The van der Waals surface area contributed by atoms with Gasteiger partial charge in [0.15, 0.2) is 0 Å². The summed E-state index contributed by atoms with van der Waals surface area (Å²) in [5, 5.41) is 8.57. The second-order valence-electron chi connectivity index (χ2n) is 2.84. The molecule has 4 heteroatoms. The van der Waals surface area contributed by atoms with E-state index in [1.165, 1.54) is 12.8 Å². The number of nitrogens with zero attached hydrogens (tertiary/aromatic N) is 1. The van der Waals surface area contributed by atoms with E-state index in [2.05, 4.69) is 10.8 Å². The molecule has 0 amide bonds. The number of carboxylic acid groups (broad SMARTS) is 1. The van der Waals surface area contributed by atoms with E-state index in [-0.39, 0.29) is 15.2 Å². The molecule has 0 aromatic heterocycles. The van der Waals surface area contributed by atoms with Crippen LogP contribution in [-0.2, 0) is 0 Å². The van der Waals surface area contributed by atoms with E-state index in [1.807, 2.05) is 0 Å². The van der Waals surface area contributed by atoms with Gasteiger partial charge in [-0.3, -0.25) is 0 Å². The van der Waals surface area contributed by atoms with Gasteiger partial charge in [-0.15, -0.1) is 0 Å². The van der Waals surface area contributed by atoms with Crippen molar-refractivity contribution in [1.29, 1.82) is 0 Å². The zero-order valence-corrected chi connectivity index (χ0v) is 8.33. The van der Waals surface area contributed by atoms with Gasteiger partial charge in [0, 0.05) is 0 Å². The van der Waals surface area contributed by atoms with Crippen LogP contribution in [0.1, 0.15) is 26.2 Å². The van der Waals surface area contributed by atoms with Crippen molar-refractivity contribution in [2.75, 3.05) is 6.54 Å². The average Bonchev–Trinajstić information content (AvgIpc) is 1.93. The van der Waals surface area contributed by atoms with Crippen LogP contribution in [-0.4, -0.2) is 41.7 Å². The first-order chi connectivity index (χ1) is 5.20. The molecule has 1 heterocycles. The van der Waals surface area contributed by atoms with Gasteiger partial charge in [0.05, 0.1) is 0 Å². The van der Waals surface area contributed by atoms with Gasteiger partial charge < -0.3 is 0 Å². The van der Waals surface area contributed by atoms with Crippen molar-refractivity contribution in [3.63, 3.8) is 0 Å². The van der Waals surface area contributed by atoms with E-state index in [0.29, 0.717) is 6.04 Å². The molecule has 0 aromatic rings. The van der Waals surface area contributed by atoms with Crippen LogP contribution in [0.15, 0.2) is 0 Å². The van der Waals surface area contributed by atoms with Crippen LogP contribution in [0.5, 0.6) is 0 Å². The third kappa shape index (κ3) is 2.81. The average molecular weight is 222 g/mol. The molecule has 0 aromatic carbocycles. The quantitative estimate of drug-likeness (QED) is 0.712. The molecule has 0 spiro atoms. The molecule has 3 nitrogen and oxygen atoms in total. The Morgan fingerprint density at radius 3 is 2.91 bits per heavy atom. The normalized spacial score (nSPS) is 26.8. The Bertz CT molecular complexity index is 151. The van der Waals surface area contributed by atoms with Gasteiger partial charge in [-0.1, -0.05) is 0 Å². The molecular formula is C7H13NO2Se. The number of carbonyl (C=O) groups is 1. The Kier molecular flexibility index (Phi) is 3.37. The molecule has 0 saturated carbocycles. The first-order valence-electron chi connectivity index (χ1n) is 3.87. The fourth-order valence-electron chi connectivity index (χ4n) is 1.31. The Balaban J connectivity index is 2.35. The van der Waals surface area contributed by atoms with Crippen molar-refractivity contribution in [3.05, 3.63) is 0 Å². The molecule has 1 N–H and O–H groups in total. The maximum atomic E-state index is 10.4. The van der Waals surface area contributed by atoms with E-state index in [1.54, 1.807) is 0 Å². The number of piperidine rings is 1. The van der Waals surface area contributed by atoms with Gasteiger partial charge in [0.1, 0.15) is 0 Å². The first-order valence-corrected chi connectivity index (χ1v) is 5.50. The first kappa shape index (κ1) is 9.04. The summed E-state index contributed by atoms with van der Waals surface area (Å²) in [4.78, 5) is 9.75. The van der Waals surface area contributed by atoms with Crippen molar-refractivity contribution in [2.45, 2.75) is 32.2 Å². The summed E-state index contributed by atoms with van der Waals surface area (Å²) in [6.07, 6.45) is 3.59. The molecular weight excluding hydrogens is 209 g/mol. The van der Waals surface area contributed by atoms with Gasteiger partial charge >= 0.3 is 72.6 Å². The van der Waals surface area contributed by atoms with Crippen LogP contribution in [0, 0.1) is 0 Å². The fraction of sp³-hybridized carbons (Fsp3) is 0.857. The zero-order chi connectivity index (χ0) is 8.27. The van der Waals surface area contributed by atoms with E-state index in [0.717, 1.165) is 13.0 Å². The summed E-state index contributed by atoms with van der Waals surface area (Å²) in [6.45, 7) is 3.09. The van der Waals surface area contributed by atoms with E-state index in [9.17, 15) is 4.79 Å². The molecule has 1 aliphatic heterocycles. The predicted molar refractivity (Wildman–Crippen MR) is 43.8 cm³/mol. The summed E-state index contributed by atoms with van der Waals surface area (Å²) in [5.41, 5.74) is 0. The van der Waals surface area contributed by atoms with Crippen LogP contribution >= 0.6 is 0 Å². The van der Waals surface area contributed by atoms with E-state index >= 15 is 0 Å². The Morgan fingerprint density at radius 2 is 2.36 bits per heavy atom. The third-order valence-corrected chi connectivity index (χ3v) is 3.90. The molecule has 0 bridgehead atoms. The molecule has 1 rings (SSSR count). The van der Waals surface area contributed by atoms with Crippen LogP contribution in [0.3, 0.4) is 0 Å². The van der Waals surface area contributed by atoms with Gasteiger partial charge in [-0.05, 0) is 0 Å². The van der Waals surface area contributed by atoms with Crippen molar-refractivity contribution < 1.29 is 9.90 Å². The molecule has 1 fully saturated rings.